The van der Waals surface area contributed by atoms with Crippen molar-refractivity contribution in [3.05, 3.63) is 184 Å². The van der Waals surface area contributed by atoms with Gasteiger partial charge in [-0.25, -0.2) is 29.2 Å². The number of nitriles is 2. The lowest BCUT2D eigenvalue weighted by Crippen LogP contribution is -2.52. The van der Waals surface area contributed by atoms with E-state index in [2.05, 4.69) is 9.98 Å². The topological polar surface area (TPSA) is 261 Å². The molecule has 0 bridgehead atoms. The zero-order valence-corrected chi connectivity index (χ0v) is 43.7. The number of ether oxygens (including phenoxy) is 5. The number of aliphatic imine (C=N–C) groups is 2. The van der Waals surface area contributed by atoms with Gasteiger partial charge in [-0.15, -0.1) is 34.0 Å². The van der Waals surface area contributed by atoms with E-state index in [1.54, 1.807) is 140 Å². The highest BCUT2D eigenvalue weighted by atomic mass is 32.1. The molecule has 3 aliphatic rings. The molecule has 0 aliphatic carbocycles. The summed E-state index contributed by atoms with van der Waals surface area (Å²) in [6.07, 6.45) is -2.69. The number of carbonyl (C=O) groups excluding carboxylic acids is 8. The predicted octanol–water partition coefficient (Wildman–Crippen LogP) is 10.0. The van der Waals surface area contributed by atoms with Crippen LogP contribution < -0.4 is 4.74 Å². The third-order valence-corrected chi connectivity index (χ3v) is 15.9. The molecule has 0 saturated heterocycles. The van der Waals surface area contributed by atoms with Gasteiger partial charge in [0.1, 0.15) is 71.1 Å². The molecule has 6 heterocycles. The summed E-state index contributed by atoms with van der Waals surface area (Å²) >= 11 is 2.94. The molecule has 390 valence electrons. The van der Waals surface area contributed by atoms with Crippen LogP contribution in [0.3, 0.4) is 0 Å². The van der Waals surface area contributed by atoms with E-state index in [9.17, 15) is 39.3 Å². The van der Waals surface area contributed by atoms with Gasteiger partial charge < -0.3 is 23.7 Å². The van der Waals surface area contributed by atoms with Gasteiger partial charge in [0.05, 0.1) is 19.2 Å². The molecular weight excluding hydrogens is 1070 g/mol. The average Bonchev–Trinajstić information content (AvgIpc) is 4.16. The van der Waals surface area contributed by atoms with Gasteiger partial charge in [-0.1, -0.05) is 121 Å². The van der Waals surface area contributed by atoms with Crippen LogP contribution in [0.25, 0.3) is 19.2 Å². The molecule has 6 amide bonds. The Kier molecular flexibility index (Phi) is 14.6. The quantitative estimate of drug-likeness (QED) is 0.0477. The Morgan fingerprint density at radius 1 is 0.532 bits per heavy atom. The summed E-state index contributed by atoms with van der Waals surface area (Å²) in [5.74, 6) is -7.27. The first-order chi connectivity index (χ1) is 38.2. The van der Waals surface area contributed by atoms with E-state index >= 15 is 9.59 Å². The lowest BCUT2D eigenvalue weighted by molar-refractivity contribution is -0.183. The summed E-state index contributed by atoms with van der Waals surface area (Å²) in [6, 6.07) is 40.6. The number of esters is 2. The molecule has 0 radical (unpaired) electrons. The number of hydrogen-bond acceptors (Lipinski definition) is 20. The van der Waals surface area contributed by atoms with Crippen LogP contribution in [0.15, 0.2) is 166 Å². The Labute approximate surface area is 459 Å². The maximum atomic E-state index is 15.1. The highest BCUT2D eigenvalue weighted by Crippen LogP contribution is 2.60. The standard InChI is InChI=1S/C57H36N6O13S3/c1-31-37(25-58)49(64)62(55(70)74-29-35-19-11-5-12-20-35)51(66)43(31)60-41-23-39-46(78-41)48-45(76-57(39,53(68)72-27-33-15-7-3-8-16-33)54(69)73-28-34-17-9-4-10-18-34)47-40(77-48)24-42(79-47)61-44-32(2)38(26-59)50(65)63(52(44)67)56(71)75-30-36-21-13-6-14-22-36/h3-24H,27-30H2,1-2H3. The number of hydrogen-bond donors (Lipinski definition) is 0. The monoisotopic (exact) mass is 1110 g/mol. The van der Waals surface area contributed by atoms with Crippen molar-refractivity contribution in [2.24, 2.45) is 9.98 Å². The first kappa shape index (κ1) is 52.4. The molecule has 3 aromatic heterocycles. The molecule has 0 N–H and O–H groups in total. The molecule has 4 aromatic carbocycles. The lowest BCUT2D eigenvalue weighted by Gasteiger charge is -2.33. The minimum Gasteiger partial charge on any atom is -0.457 e. The van der Waals surface area contributed by atoms with Gasteiger partial charge in [-0.2, -0.15) is 20.3 Å². The first-order valence-electron chi connectivity index (χ1n) is 23.6. The van der Waals surface area contributed by atoms with Crippen LogP contribution in [0.4, 0.5) is 19.6 Å². The Morgan fingerprint density at radius 2 is 0.924 bits per heavy atom. The maximum absolute atomic E-state index is 15.1. The number of benzene rings is 4. The van der Waals surface area contributed by atoms with Crippen molar-refractivity contribution in [2.75, 3.05) is 0 Å². The zero-order chi connectivity index (χ0) is 55.5. The van der Waals surface area contributed by atoms with Crippen LogP contribution >= 0.6 is 34.0 Å². The van der Waals surface area contributed by atoms with Crippen LogP contribution in [-0.4, -0.2) is 69.0 Å². The van der Waals surface area contributed by atoms with E-state index < -0.39 is 75.9 Å². The number of fused-ring (bicyclic) bond motifs is 5. The fourth-order valence-corrected chi connectivity index (χ4v) is 12.0. The Morgan fingerprint density at radius 3 is 1.33 bits per heavy atom. The van der Waals surface area contributed by atoms with E-state index in [1.165, 1.54) is 19.9 Å². The number of rotatable bonds is 12. The summed E-state index contributed by atoms with van der Waals surface area (Å²) in [4.78, 5) is 122. The Bertz CT molecular complexity index is 3880. The van der Waals surface area contributed by atoms with Crippen molar-refractivity contribution in [2.45, 2.75) is 45.9 Å². The number of nitrogens with zero attached hydrogens (tertiary/aromatic N) is 6. The van der Waals surface area contributed by atoms with Gasteiger partial charge in [-0.05, 0) is 48.2 Å². The second-order valence-corrected chi connectivity index (χ2v) is 20.5. The Balaban J connectivity index is 1.09. The molecule has 79 heavy (non-hydrogen) atoms. The van der Waals surface area contributed by atoms with Crippen molar-refractivity contribution < 1.29 is 62.0 Å². The van der Waals surface area contributed by atoms with Crippen LogP contribution in [0.5, 0.6) is 5.75 Å². The number of amides is 6. The zero-order valence-electron chi connectivity index (χ0n) is 41.2. The minimum absolute atomic E-state index is 0.0333. The average molecular weight is 1110 g/mol. The van der Waals surface area contributed by atoms with Gasteiger partial charge in [-0.3, -0.25) is 19.2 Å². The molecule has 0 saturated carbocycles. The van der Waals surface area contributed by atoms with Crippen molar-refractivity contribution in [3.63, 3.8) is 0 Å². The van der Waals surface area contributed by atoms with E-state index in [0.29, 0.717) is 36.5 Å². The third-order valence-electron chi connectivity index (χ3n) is 12.4. The van der Waals surface area contributed by atoms with E-state index in [-0.39, 0.29) is 73.6 Å². The SMILES string of the molecule is CC1=C(C#N)C(=O)N(C(=O)OCc2ccccc2)C(=O)C1=Nc1cc2c(s1)-c1sc3cc(N=C4C(=O)N(C(=O)OCc5ccccc5)C(=O)C(C#N)=C4C)sc3c1OC2(C(=O)OCc1ccccc1)C(=O)OCc1ccccc1. The van der Waals surface area contributed by atoms with Crippen LogP contribution in [-0.2, 0) is 79.7 Å². The molecule has 0 spiro atoms. The van der Waals surface area contributed by atoms with Gasteiger partial charge >= 0.3 is 29.7 Å². The van der Waals surface area contributed by atoms with E-state index in [1.807, 2.05) is 0 Å². The normalized spacial score (nSPS) is 15.8. The second kappa shape index (κ2) is 21.9. The number of imide groups is 6. The molecule has 3 aliphatic heterocycles. The number of thiophene rings is 3. The molecule has 0 unspecified atom stereocenters. The molecular formula is C57H36N6O13S3. The van der Waals surface area contributed by atoms with Crippen LogP contribution in [0.2, 0.25) is 0 Å². The first-order valence-corrected chi connectivity index (χ1v) is 26.1. The van der Waals surface area contributed by atoms with Gasteiger partial charge in [0.2, 0.25) is 0 Å². The minimum atomic E-state index is -2.77. The number of carbonyl (C=O) groups is 8. The Hall–Kier alpha value is -10.0. The van der Waals surface area contributed by atoms with E-state index in [4.69, 9.17) is 23.7 Å². The summed E-state index contributed by atoms with van der Waals surface area (Å²) in [5, 5.41) is 20.3. The highest BCUT2D eigenvalue weighted by molar-refractivity contribution is 7.33. The van der Waals surface area contributed by atoms with Crippen LogP contribution in [0, 0.1) is 22.7 Å². The van der Waals surface area contributed by atoms with Crippen molar-refractivity contribution in [1.29, 1.82) is 10.5 Å². The van der Waals surface area contributed by atoms with Crippen molar-refractivity contribution in [1.82, 2.24) is 9.80 Å². The van der Waals surface area contributed by atoms with Crippen molar-refractivity contribution >= 4 is 113 Å². The molecule has 10 rings (SSSR count). The maximum Gasteiger partial charge on any atom is 0.424 e. The summed E-state index contributed by atoms with van der Waals surface area (Å²) in [6.45, 7) is 1.38. The summed E-state index contributed by atoms with van der Waals surface area (Å²) in [5.41, 5.74) is -2.97. The highest BCUT2D eigenvalue weighted by Gasteiger charge is 2.59. The molecule has 22 heteroatoms. The fraction of sp³-hybridized carbons (Fsp3) is 0.123. The molecule has 0 fully saturated rings. The predicted molar refractivity (Wildman–Crippen MR) is 286 cm³/mol. The smallest absolute Gasteiger partial charge is 0.424 e. The van der Waals surface area contributed by atoms with Gasteiger partial charge in [0, 0.05) is 16.7 Å². The molecule has 0 atom stereocenters. The largest absolute Gasteiger partial charge is 0.457 e. The van der Waals surface area contributed by atoms with Crippen molar-refractivity contribution in [3.8, 4) is 27.6 Å². The fourth-order valence-electron chi connectivity index (χ4n) is 8.40. The summed E-state index contributed by atoms with van der Waals surface area (Å²) in [7, 11) is 0. The van der Waals surface area contributed by atoms with Gasteiger partial charge in [0.15, 0.2) is 5.75 Å². The lowest BCUT2D eigenvalue weighted by atomic mass is 9.91. The van der Waals surface area contributed by atoms with Crippen LogP contribution in [0.1, 0.15) is 41.7 Å². The third kappa shape index (κ3) is 9.90. The van der Waals surface area contributed by atoms with Gasteiger partial charge in [0.25, 0.3) is 23.6 Å². The van der Waals surface area contributed by atoms with E-state index in [0.717, 1.165) is 34.0 Å². The molecule has 19 nitrogen and oxygen atoms in total. The second-order valence-electron chi connectivity index (χ2n) is 17.4. The summed E-state index contributed by atoms with van der Waals surface area (Å²) < 4.78 is 29.9. The molecule has 7 aromatic rings.